The fourth-order valence-electron chi connectivity index (χ4n) is 1.61. The Hall–Kier alpha value is -2.10. The molecular formula is C13H14N2O2. The van der Waals surface area contributed by atoms with Crippen LogP contribution in [-0.2, 0) is 4.79 Å². The molecule has 4 nitrogen and oxygen atoms in total. The van der Waals surface area contributed by atoms with E-state index in [1.807, 2.05) is 24.3 Å². The van der Waals surface area contributed by atoms with Crippen LogP contribution in [0.15, 0.2) is 30.3 Å². The SMILES string of the molecule is CN(C)C(=O)CC(=O)c1cc2ccccc2[nH]1. The predicted octanol–water partition coefficient (Wildman–Crippen LogP) is 1.83. The van der Waals surface area contributed by atoms with E-state index in [4.69, 9.17) is 0 Å². The number of aromatic nitrogens is 1. The van der Waals surface area contributed by atoms with E-state index in [0.29, 0.717) is 5.69 Å². The number of fused-ring (bicyclic) bond motifs is 1. The van der Waals surface area contributed by atoms with Crippen molar-refractivity contribution in [3.05, 3.63) is 36.0 Å². The minimum atomic E-state index is -0.186. The van der Waals surface area contributed by atoms with Crippen LogP contribution >= 0.6 is 0 Å². The number of benzene rings is 1. The summed E-state index contributed by atoms with van der Waals surface area (Å²) in [6.45, 7) is 0. The van der Waals surface area contributed by atoms with Crippen molar-refractivity contribution in [3.8, 4) is 0 Å². The minimum Gasteiger partial charge on any atom is -0.352 e. The van der Waals surface area contributed by atoms with Gasteiger partial charge in [-0.05, 0) is 12.1 Å². The second-order valence-corrected chi connectivity index (χ2v) is 4.16. The molecule has 17 heavy (non-hydrogen) atoms. The highest BCUT2D eigenvalue weighted by Crippen LogP contribution is 2.15. The summed E-state index contributed by atoms with van der Waals surface area (Å²) in [7, 11) is 3.28. The lowest BCUT2D eigenvalue weighted by molar-refractivity contribution is -0.127. The molecule has 0 radical (unpaired) electrons. The molecule has 2 rings (SSSR count). The first-order chi connectivity index (χ1) is 8.08. The average molecular weight is 230 g/mol. The highest BCUT2D eigenvalue weighted by molar-refractivity contribution is 6.08. The maximum atomic E-state index is 11.9. The number of H-pyrrole nitrogens is 1. The van der Waals surface area contributed by atoms with Gasteiger partial charge in [0.25, 0.3) is 0 Å². The summed E-state index contributed by atoms with van der Waals surface area (Å²) in [4.78, 5) is 27.7. The molecule has 1 amide bonds. The lowest BCUT2D eigenvalue weighted by Gasteiger charge is -2.08. The maximum Gasteiger partial charge on any atom is 0.229 e. The number of hydrogen-bond acceptors (Lipinski definition) is 2. The van der Waals surface area contributed by atoms with Gasteiger partial charge in [0.05, 0.1) is 12.1 Å². The van der Waals surface area contributed by atoms with Crippen LogP contribution in [0.3, 0.4) is 0 Å². The highest BCUT2D eigenvalue weighted by atomic mass is 16.2. The topological polar surface area (TPSA) is 53.2 Å². The van der Waals surface area contributed by atoms with E-state index in [9.17, 15) is 9.59 Å². The van der Waals surface area contributed by atoms with Gasteiger partial charge in [-0.25, -0.2) is 0 Å². The number of nitrogens with zero attached hydrogens (tertiary/aromatic N) is 1. The van der Waals surface area contributed by atoms with Gasteiger partial charge in [0.2, 0.25) is 5.91 Å². The maximum absolute atomic E-state index is 11.9. The molecule has 1 aromatic heterocycles. The minimum absolute atomic E-state index is 0.0974. The van der Waals surface area contributed by atoms with Crippen molar-refractivity contribution in [2.75, 3.05) is 14.1 Å². The number of amides is 1. The van der Waals surface area contributed by atoms with Crippen LogP contribution in [0.4, 0.5) is 0 Å². The number of carbonyl (C=O) groups is 2. The van der Waals surface area contributed by atoms with E-state index >= 15 is 0 Å². The Kier molecular flexibility index (Phi) is 2.95. The van der Waals surface area contributed by atoms with Crippen molar-refractivity contribution < 1.29 is 9.59 Å². The zero-order valence-corrected chi connectivity index (χ0v) is 9.86. The number of rotatable bonds is 3. The lowest BCUT2D eigenvalue weighted by Crippen LogP contribution is -2.24. The first-order valence-corrected chi connectivity index (χ1v) is 5.39. The van der Waals surface area contributed by atoms with Crippen LogP contribution in [0.2, 0.25) is 0 Å². The Bertz CT molecular complexity index is 537. The Morgan fingerprint density at radius 3 is 2.59 bits per heavy atom. The van der Waals surface area contributed by atoms with Gasteiger partial charge < -0.3 is 9.88 Å². The van der Waals surface area contributed by atoms with Gasteiger partial charge in [-0.15, -0.1) is 0 Å². The predicted molar refractivity (Wildman–Crippen MR) is 65.9 cm³/mol. The van der Waals surface area contributed by atoms with Crippen molar-refractivity contribution in [2.45, 2.75) is 6.42 Å². The molecule has 1 heterocycles. The molecule has 0 spiro atoms. The quantitative estimate of drug-likeness (QED) is 0.646. The van der Waals surface area contributed by atoms with Crippen LogP contribution in [0.1, 0.15) is 16.9 Å². The third-order valence-electron chi connectivity index (χ3n) is 2.64. The summed E-state index contributed by atoms with van der Waals surface area (Å²) in [5.74, 6) is -0.367. The molecule has 0 aliphatic heterocycles. The van der Waals surface area contributed by atoms with E-state index in [0.717, 1.165) is 10.9 Å². The average Bonchev–Trinajstić information content (AvgIpc) is 2.72. The molecule has 0 atom stereocenters. The Balaban J connectivity index is 2.22. The van der Waals surface area contributed by atoms with Crippen LogP contribution in [0.5, 0.6) is 0 Å². The van der Waals surface area contributed by atoms with E-state index < -0.39 is 0 Å². The van der Waals surface area contributed by atoms with Crippen LogP contribution in [0.25, 0.3) is 10.9 Å². The molecule has 0 bridgehead atoms. The molecule has 0 saturated carbocycles. The highest BCUT2D eigenvalue weighted by Gasteiger charge is 2.15. The van der Waals surface area contributed by atoms with E-state index in [1.165, 1.54) is 4.90 Å². The number of hydrogen-bond donors (Lipinski definition) is 1. The molecular weight excluding hydrogens is 216 g/mol. The summed E-state index contributed by atoms with van der Waals surface area (Å²) >= 11 is 0. The van der Waals surface area contributed by atoms with Crippen molar-refractivity contribution in [3.63, 3.8) is 0 Å². The molecule has 0 saturated heterocycles. The molecule has 88 valence electrons. The third kappa shape index (κ3) is 2.36. The summed E-state index contributed by atoms with van der Waals surface area (Å²) in [6.07, 6.45) is -0.0974. The van der Waals surface area contributed by atoms with Crippen LogP contribution in [0, 0.1) is 0 Å². The molecule has 0 aliphatic carbocycles. The Morgan fingerprint density at radius 1 is 1.24 bits per heavy atom. The molecule has 0 unspecified atom stereocenters. The lowest BCUT2D eigenvalue weighted by atomic mass is 10.2. The van der Waals surface area contributed by atoms with Crippen molar-refractivity contribution in [1.29, 1.82) is 0 Å². The Labute approximate surface area is 99.2 Å². The number of aromatic amines is 1. The fourth-order valence-corrected chi connectivity index (χ4v) is 1.61. The zero-order chi connectivity index (χ0) is 12.4. The first-order valence-electron chi connectivity index (χ1n) is 5.39. The van der Waals surface area contributed by atoms with Gasteiger partial charge >= 0.3 is 0 Å². The van der Waals surface area contributed by atoms with Crippen molar-refractivity contribution >= 4 is 22.6 Å². The van der Waals surface area contributed by atoms with Crippen LogP contribution in [-0.4, -0.2) is 35.7 Å². The van der Waals surface area contributed by atoms with E-state index in [-0.39, 0.29) is 18.1 Å². The van der Waals surface area contributed by atoms with Crippen LogP contribution < -0.4 is 0 Å². The number of para-hydroxylation sites is 1. The van der Waals surface area contributed by atoms with Crippen molar-refractivity contribution in [1.82, 2.24) is 9.88 Å². The molecule has 4 heteroatoms. The van der Waals surface area contributed by atoms with Crippen molar-refractivity contribution in [2.24, 2.45) is 0 Å². The summed E-state index contributed by atoms with van der Waals surface area (Å²) < 4.78 is 0. The molecule has 1 aromatic carbocycles. The molecule has 0 aliphatic rings. The Morgan fingerprint density at radius 2 is 1.94 bits per heavy atom. The molecule has 0 fully saturated rings. The summed E-state index contributed by atoms with van der Waals surface area (Å²) in [6, 6.07) is 9.42. The molecule has 1 N–H and O–H groups in total. The molecule has 2 aromatic rings. The third-order valence-corrected chi connectivity index (χ3v) is 2.64. The van der Waals surface area contributed by atoms with Gasteiger partial charge in [0.1, 0.15) is 0 Å². The number of carbonyl (C=O) groups excluding carboxylic acids is 2. The monoisotopic (exact) mass is 230 g/mol. The summed E-state index contributed by atoms with van der Waals surface area (Å²) in [5, 5.41) is 0.980. The standard InChI is InChI=1S/C13H14N2O2/c1-15(2)13(17)8-12(16)11-7-9-5-3-4-6-10(9)14-11/h3-7,14H,8H2,1-2H3. The van der Waals surface area contributed by atoms with Gasteiger partial charge in [0.15, 0.2) is 5.78 Å². The van der Waals surface area contributed by atoms with Gasteiger partial charge in [-0.2, -0.15) is 0 Å². The van der Waals surface area contributed by atoms with Gasteiger partial charge in [0, 0.05) is 25.0 Å². The number of Topliss-reactive ketones (excluding diaryl/α,β-unsaturated/α-hetero) is 1. The zero-order valence-electron chi connectivity index (χ0n) is 9.86. The van der Waals surface area contributed by atoms with Gasteiger partial charge in [-0.1, -0.05) is 18.2 Å². The second-order valence-electron chi connectivity index (χ2n) is 4.16. The largest absolute Gasteiger partial charge is 0.352 e. The fraction of sp³-hybridized carbons (Fsp3) is 0.231. The second kappa shape index (κ2) is 4.41. The van der Waals surface area contributed by atoms with E-state index in [1.54, 1.807) is 20.2 Å². The first kappa shape index (κ1) is 11.4. The normalized spacial score (nSPS) is 10.5. The summed E-state index contributed by atoms with van der Waals surface area (Å²) in [5.41, 5.74) is 1.40. The van der Waals surface area contributed by atoms with Gasteiger partial charge in [-0.3, -0.25) is 9.59 Å². The van der Waals surface area contributed by atoms with E-state index in [2.05, 4.69) is 4.98 Å². The number of nitrogens with one attached hydrogen (secondary N) is 1. The number of ketones is 1. The smallest absolute Gasteiger partial charge is 0.229 e.